The summed E-state index contributed by atoms with van der Waals surface area (Å²) in [6, 6.07) is 0. The maximum atomic E-state index is 5.78. The van der Waals surface area contributed by atoms with Crippen LogP contribution in [0.1, 0.15) is 43.4 Å². The zero-order valence-corrected chi connectivity index (χ0v) is 7.43. The number of rotatable bonds is 2. The highest BCUT2D eigenvalue weighted by Gasteiger charge is 2.25. The van der Waals surface area contributed by atoms with Crippen LogP contribution >= 0.6 is 0 Å². The lowest BCUT2D eigenvalue weighted by molar-refractivity contribution is 0.418. The summed E-state index contributed by atoms with van der Waals surface area (Å²) in [5.74, 6) is 1.41. The second kappa shape index (κ2) is 2.81. The zero-order chi connectivity index (χ0) is 8.55. The van der Waals surface area contributed by atoms with Crippen LogP contribution in [0.25, 0.3) is 0 Å². The van der Waals surface area contributed by atoms with Crippen LogP contribution in [-0.4, -0.2) is 10.2 Å². The number of nitrogen functional groups attached to an aromatic ring is 1. The van der Waals surface area contributed by atoms with Gasteiger partial charge in [0, 0.05) is 11.3 Å². The molecule has 1 aromatic heterocycles. The normalized spacial score (nSPS) is 17.8. The van der Waals surface area contributed by atoms with E-state index in [1.54, 1.807) is 0 Å². The van der Waals surface area contributed by atoms with Crippen LogP contribution in [0.4, 0.5) is 5.82 Å². The van der Waals surface area contributed by atoms with E-state index in [1.165, 1.54) is 30.5 Å². The minimum atomic E-state index is 0.693. The number of anilines is 1. The van der Waals surface area contributed by atoms with Gasteiger partial charge in [0.2, 0.25) is 0 Å². The number of aromatic amines is 1. The molecule has 1 aromatic rings. The Kier molecular flexibility index (Phi) is 1.79. The number of nitrogens with one attached hydrogen (secondary N) is 1. The molecule has 1 saturated carbocycles. The molecule has 1 aliphatic carbocycles. The average molecular weight is 165 g/mol. The summed E-state index contributed by atoms with van der Waals surface area (Å²) in [6.45, 7) is 2.13. The Morgan fingerprint density at radius 2 is 2.33 bits per heavy atom. The Hall–Kier alpha value is -0.990. The lowest BCUT2D eigenvalue weighted by Gasteiger charge is -2.25. The highest BCUT2D eigenvalue weighted by molar-refractivity contribution is 5.45. The number of nitrogens with two attached hydrogens (primary N) is 1. The molecule has 3 N–H and O–H groups in total. The molecule has 1 fully saturated rings. The molecular weight excluding hydrogens is 150 g/mol. The van der Waals surface area contributed by atoms with Crippen molar-refractivity contribution in [1.82, 2.24) is 10.2 Å². The van der Waals surface area contributed by atoms with Gasteiger partial charge in [-0.15, -0.1) is 0 Å². The summed E-state index contributed by atoms with van der Waals surface area (Å²) >= 11 is 0. The molecule has 0 atom stereocenters. The summed E-state index contributed by atoms with van der Waals surface area (Å²) in [5, 5.41) is 7.04. The van der Waals surface area contributed by atoms with Gasteiger partial charge in [0.05, 0.1) is 0 Å². The van der Waals surface area contributed by atoms with Crippen molar-refractivity contribution in [1.29, 1.82) is 0 Å². The first-order chi connectivity index (χ1) is 5.83. The fourth-order valence-corrected chi connectivity index (χ4v) is 1.82. The first-order valence-corrected chi connectivity index (χ1v) is 4.65. The molecule has 0 radical (unpaired) electrons. The van der Waals surface area contributed by atoms with E-state index in [1.807, 2.05) is 0 Å². The van der Waals surface area contributed by atoms with Crippen LogP contribution < -0.4 is 5.73 Å². The van der Waals surface area contributed by atoms with Crippen molar-refractivity contribution >= 4 is 5.82 Å². The third-order valence-corrected chi connectivity index (χ3v) is 2.78. The van der Waals surface area contributed by atoms with E-state index in [9.17, 15) is 0 Å². The summed E-state index contributed by atoms with van der Waals surface area (Å²) in [6.07, 6.45) is 4.93. The summed E-state index contributed by atoms with van der Waals surface area (Å²) in [5.41, 5.74) is 8.31. The van der Waals surface area contributed by atoms with Crippen molar-refractivity contribution in [3.05, 3.63) is 11.3 Å². The lowest BCUT2D eigenvalue weighted by Crippen LogP contribution is -2.11. The Balaban J connectivity index is 2.31. The molecule has 0 aromatic carbocycles. The topological polar surface area (TPSA) is 54.7 Å². The summed E-state index contributed by atoms with van der Waals surface area (Å²) in [4.78, 5) is 0. The fraction of sp³-hybridized carbons (Fsp3) is 0.667. The maximum Gasteiger partial charge on any atom is 0.148 e. The van der Waals surface area contributed by atoms with Crippen molar-refractivity contribution in [3.63, 3.8) is 0 Å². The van der Waals surface area contributed by atoms with Crippen LogP contribution in [0, 0.1) is 0 Å². The van der Waals surface area contributed by atoms with E-state index in [4.69, 9.17) is 5.73 Å². The first-order valence-electron chi connectivity index (χ1n) is 4.65. The molecule has 0 saturated heterocycles. The number of hydrogen-bond donors (Lipinski definition) is 2. The molecule has 0 spiro atoms. The first kappa shape index (κ1) is 7.65. The van der Waals surface area contributed by atoms with E-state index >= 15 is 0 Å². The molecule has 66 valence electrons. The molecule has 0 bridgehead atoms. The van der Waals surface area contributed by atoms with Crippen molar-refractivity contribution in [3.8, 4) is 0 Å². The molecule has 1 aliphatic rings. The second-order valence-corrected chi connectivity index (χ2v) is 3.48. The zero-order valence-electron chi connectivity index (χ0n) is 7.43. The highest BCUT2D eigenvalue weighted by Crippen LogP contribution is 2.40. The third kappa shape index (κ3) is 1.00. The molecule has 0 amide bonds. The Bertz CT molecular complexity index is 273. The predicted molar refractivity (Wildman–Crippen MR) is 49.0 cm³/mol. The van der Waals surface area contributed by atoms with Gasteiger partial charge in [-0.2, -0.15) is 5.10 Å². The monoisotopic (exact) mass is 165 g/mol. The van der Waals surface area contributed by atoms with E-state index in [-0.39, 0.29) is 0 Å². The van der Waals surface area contributed by atoms with Gasteiger partial charge < -0.3 is 5.73 Å². The van der Waals surface area contributed by atoms with Gasteiger partial charge in [0.15, 0.2) is 0 Å². The average Bonchev–Trinajstić information content (AvgIpc) is 2.30. The number of H-pyrrole nitrogens is 1. The standard InChI is InChI=1S/C9H15N3/c1-2-7-8(6-4-3-5-6)9(10)12-11-7/h6H,2-5H2,1H3,(H3,10,11,12). The molecule has 3 nitrogen and oxygen atoms in total. The minimum Gasteiger partial charge on any atom is -0.382 e. The van der Waals surface area contributed by atoms with Crippen LogP contribution in [0.3, 0.4) is 0 Å². The van der Waals surface area contributed by atoms with Crippen molar-refractivity contribution < 1.29 is 0 Å². The number of nitrogens with zero attached hydrogens (tertiary/aromatic N) is 1. The van der Waals surface area contributed by atoms with Crippen molar-refractivity contribution in [2.45, 2.75) is 38.5 Å². The Morgan fingerprint density at radius 1 is 1.58 bits per heavy atom. The van der Waals surface area contributed by atoms with Gasteiger partial charge >= 0.3 is 0 Å². The number of aryl methyl sites for hydroxylation is 1. The Labute approximate surface area is 72.4 Å². The van der Waals surface area contributed by atoms with Gasteiger partial charge in [-0.1, -0.05) is 13.3 Å². The second-order valence-electron chi connectivity index (χ2n) is 3.48. The van der Waals surface area contributed by atoms with Crippen LogP contribution in [0.2, 0.25) is 0 Å². The van der Waals surface area contributed by atoms with E-state index in [0.29, 0.717) is 5.92 Å². The molecule has 3 heteroatoms. The van der Waals surface area contributed by atoms with Gasteiger partial charge in [-0.05, 0) is 25.2 Å². The minimum absolute atomic E-state index is 0.693. The quantitative estimate of drug-likeness (QED) is 0.702. The van der Waals surface area contributed by atoms with Gasteiger partial charge in [-0.3, -0.25) is 5.10 Å². The van der Waals surface area contributed by atoms with Crippen LogP contribution in [0.15, 0.2) is 0 Å². The van der Waals surface area contributed by atoms with E-state index < -0.39 is 0 Å². The van der Waals surface area contributed by atoms with E-state index in [2.05, 4.69) is 17.1 Å². The van der Waals surface area contributed by atoms with E-state index in [0.717, 1.165) is 12.2 Å². The molecular formula is C9H15N3. The van der Waals surface area contributed by atoms with Crippen molar-refractivity contribution in [2.24, 2.45) is 0 Å². The van der Waals surface area contributed by atoms with Crippen LogP contribution in [0.5, 0.6) is 0 Å². The maximum absolute atomic E-state index is 5.78. The van der Waals surface area contributed by atoms with Gasteiger partial charge in [0.25, 0.3) is 0 Å². The summed E-state index contributed by atoms with van der Waals surface area (Å²) < 4.78 is 0. The number of aromatic nitrogens is 2. The highest BCUT2D eigenvalue weighted by atomic mass is 15.2. The molecule has 0 aliphatic heterocycles. The fourth-order valence-electron chi connectivity index (χ4n) is 1.82. The molecule has 2 rings (SSSR count). The smallest absolute Gasteiger partial charge is 0.148 e. The van der Waals surface area contributed by atoms with Gasteiger partial charge in [0.1, 0.15) is 5.82 Å². The van der Waals surface area contributed by atoms with Gasteiger partial charge in [-0.25, -0.2) is 0 Å². The molecule has 1 heterocycles. The van der Waals surface area contributed by atoms with Crippen LogP contribution in [-0.2, 0) is 6.42 Å². The molecule has 12 heavy (non-hydrogen) atoms. The lowest BCUT2D eigenvalue weighted by atomic mass is 9.79. The van der Waals surface area contributed by atoms with Crippen molar-refractivity contribution in [2.75, 3.05) is 5.73 Å². The third-order valence-electron chi connectivity index (χ3n) is 2.78. The SMILES string of the molecule is CCc1[nH]nc(N)c1C1CCC1. The molecule has 0 unspecified atom stereocenters. The largest absolute Gasteiger partial charge is 0.382 e. The predicted octanol–water partition coefficient (Wildman–Crippen LogP) is 1.82. The summed E-state index contributed by atoms with van der Waals surface area (Å²) in [7, 11) is 0. The Morgan fingerprint density at radius 3 is 2.83 bits per heavy atom. The number of hydrogen-bond acceptors (Lipinski definition) is 2.